The molecule has 0 bridgehead atoms. The number of hydrogen-bond acceptors (Lipinski definition) is 5. The monoisotopic (exact) mass is 239 g/mol. The number of nitro groups is 1. The molecule has 1 fully saturated rings. The first-order valence-electron chi connectivity index (χ1n) is 5.13. The molecule has 1 aliphatic heterocycles. The van der Waals surface area contributed by atoms with Crippen LogP contribution in [0.5, 0.6) is 11.5 Å². The van der Waals surface area contributed by atoms with Gasteiger partial charge in [-0.2, -0.15) is 0 Å². The first-order valence-corrected chi connectivity index (χ1v) is 5.13. The molecule has 17 heavy (non-hydrogen) atoms. The molecule has 1 heterocycles. The summed E-state index contributed by atoms with van der Waals surface area (Å²) in [6, 6.07) is 4.25. The van der Waals surface area contributed by atoms with Gasteiger partial charge in [0.2, 0.25) is 0 Å². The van der Waals surface area contributed by atoms with Crippen molar-refractivity contribution in [2.75, 3.05) is 20.3 Å². The fourth-order valence-corrected chi connectivity index (χ4v) is 1.33. The van der Waals surface area contributed by atoms with Crippen LogP contribution >= 0.6 is 0 Å². The van der Waals surface area contributed by atoms with Gasteiger partial charge in [-0.1, -0.05) is 0 Å². The smallest absolute Gasteiger partial charge is 0.273 e. The average molecular weight is 239 g/mol. The summed E-state index contributed by atoms with van der Waals surface area (Å²) in [5, 5.41) is 10.7. The fraction of sp³-hybridized carbons (Fsp3) is 0.455. The predicted molar refractivity (Wildman–Crippen MR) is 59.5 cm³/mol. The summed E-state index contributed by atoms with van der Waals surface area (Å²) in [5.41, 5.74) is -0.294. The number of epoxide rings is 1. The van der Waals surface area contributed by atoms with E-state index >= 15 is 0 Å². The minimum atomic E-state index is -0.471. The van der Waals surface area contributed by atoms with E-state index in [1.54, 1.807) is 0 Å². The van der Waals surface area contributed by atoms with Gasteiger partial charge in [-0.05, 0) is 13.0 Å². The normalized spacial score (nSPS) is 22.0. The van der Waals surface area contributed by atoms with Crippen LogP contribution < -0.4 is 9.47 Å². The predicted octanol–water partition coefficient (Wildman–Crippen LogP) is 1.77. The number of non-ortho nitro benzene ring substituents is 1. The van der Waals surface area contributed by atoms with Crippen LogP contribution in [0, 0.1) is 10.1 Å². The van der Waals surface area contributed by atoms with Crippen molar-refractivity contribution in [2.24, 2.45) is 0 Å². The third kappa shape index (κ3) is 2.65. The molecule has 0 spiro atoms. The summed E-state index contributed by atoms with van der Waals surface area (Å²) in [6.07, 6.45) is 0. The van der Waals surface area contributed by atoms with Crippen LogP contribution in [-0.2, 0) is 4.74 Å². The first-order chi connectivity index (χ1) is 8.04. The van der Waals surface area contributed by atoms with E-state index in [1.165, 1.54) is 25.3 Å². The van der Waals surface area contributed by atoms with E-state index in [-0.39, 0.29) is 11.3 Å². The second-order valence-electron chi connectivity index (χ2n) is 4.12. The molecule has 6 nitrogen and oxygen atoms in total. The Kier molecular flexibility index (Phi) is 2.89. The van der Waals surface area contributed by atoms with Gasteiger partial charge in [-0.25, -0.2) is 0 Å². The molecule has 0 amide bonds. The molecule has 2 rings (SSSR count). The summed E-state index contributed by atoms with van der Waals surface area (Å²) >= 11 is 0. The highest BCUT2D eigenvalue weighted by Crippen LogP contribution is 2.33. The van der Waals surface area contributed by atoms with Crippen LogP contribution in [0.4, 0.5) is 5.69 Å². The highest BCUT2D eigenvalue weighted by Gasteiger charge is 2.40. The molecule has 0 aromatic heterocycles. The zero-order chi connectivity index (χ0) is 12.5. The molecule has 0 saturated carbocycles. The summed E-state index contributed by atoms with van der Waals surface area (Å²) < 4.78 is 15.7. The van der Waals surface area contributed by atoms with Crippen molar-refractivity contribution < 1.29 is 19.1 Å². The number of methoxy groups -OCH3 is 1. The molecule has 1 aromatic carbocycles. The van der Waals surface area contributed by atoms with Crippen molar-refractivity contribution in [3.05, 3.63) is 28.3 Å². The van der Waals surface area contributed by atoms with Crippen LogP contribution in [-0.4, -0.2) is 30.8 Å². The van der Waals surface area contributed by atoms with E-state index in [0.717, 1.165) is 0 Å². The fourth-order valence-electron chi connectivity index (χ4n) is 1.33. The maximum atomic E-state index is 10.7. The van der Waals surface area contributed by atoms with Crippen molar-refractivity contribution in [2.45, 2.75) is 12.5 Å². The van der Waals surface area contributed by atoms with Gasteiger partial charge >= 0.3 is 0 Å². The lowest BCUT2D eigenvalue weighted by molar-refractivity contribution is -0.385. The van der Waals surface area contributed by atoms with Crippen LogP contribution in [0.1, 0.15) is 6.92 Å². The lowest BCUT2D eigenvalue weighted by Crippen LogP contribution is -2.17. The quantitative estimate of drug-likeness (QED) is 0.444. The third-order valence-electron chi connectivity index (χ3n) is 2.53. The maximum absolute atomic E-state index is 10.7. The molecular weight excluding hydrogens is 226 g/mol. The molecule has 0 aliphatic carbocycles. The number of rotatable bonds is 5. The van der Waals surface area contributed by atoms with Gasteiger partial charge in [0.25, 0.3) is 5.69 Å². The molecule has 1 aliphatic rings. The third-order valence-corrected chi connectivity index (χ3v) is 2.53. The Morgan fingerprint density at radius 1 is 1.53 bits per heavy atom. The highest BCUT2D eigenvalue weighted by atomic mass is 16.6. The van der Waals surface area contributed by atoms with Gasteiger partial charge in [0.05, 0.1) is 24.7 Å². The first kappa shape index (κ1) is 11.7. The van der Waals surface area contributed by atoms with Crippen LogP contribution in [0.25, 0.3) is 0 Å². The molecule has 1 aromatic rings. The number of hydrogen-bond donors (Lipinski definition) is 0. The SMILES string of the molecule is COc1ccc([N+](=O)[O-])cc1OCC1(C)CO1. The van der Waals surface area contributed by atoms with Gasteiger partial charge in [-0.15, -0.1) is 0 Å². The topological polar surface area (TPSA) is 74.1 Å². The minimum absolute atomic E-state index is 0.0253. The molecule has 1 atom stereocenters. The average Bonchev–Trinajstić information content (AvgIpc) is 3.05. The van der Waals surface area contributed by atoms with E-state index in [9.17, 15) is 10.1 Å². The Bertz CT molecular complexity index is 441. The zero-order valence-corrected chi connectivity index (χ0v) is 9.63. The molecule has 1 unspecified atom stereocenters. The van der Waals surface area contributed by atoms with E-state index < -0.39 is 4.92 Å². The van der Waals surface area contributed by atoms with Gasteiger partial charge in [0, 0.05) is 6.07 Å². The van der Waals surface area contributed by atoms with Gasteiger partial charge in [0.15, 0.2) is 11.5 Å². The van der Waals surface area contributed by atoms with Crippen LogP contribution in [0.15, 0.2) is 18.2 Å². The van der Waals surface area contributed by atoms with Crippen molar-refractivity contribution in [1.82, 2.24) is 0 Å². The van der Waals surface area contributed by atoms with Crippen molar-refractivity contribution in [1.29, 1.82) is 0 Å². The molecule has 92 valence electrons. The van der Waals surface area contributed by atoms with Crippen LogP contribution in [0.2, 0.25) is 0 Å². The summed E-state index contributed by atoms with van der Waals surface area (Å²) in [7, 11) is 1.49. The Morgan fingerprint density at radius 3 is 2.76 bits per heavy atom. The van der Waals surface area contributed by atoms with Crippen molar-refractivity contribution in [3.8, 4) is 11.5 Å². The van der Waals surface area contributed by atoms with E-state index in [2.05, 4.69) is 0 Å². The van der Waals surface area contributed by atoms with Crippen molar-refractivity contribution >= 4 is 5.69 Å². The number of ether oxygens (including phenoxy) is 3. The standard InChI is InChI=1S/C11H13NO5/c1-11(7-17-11)6-16-10-5-8(12(13)14)3-4-9(10)15-2/h3-5H,6-7H2,1-2H3. The lowest BCUT2D eigenvalue weighted by Gasteiger charge is -2.11. The lowest BCUT2D eigenvalue weighted by atomic mass is 10.2. The Balaban J connectivity index is 2.16. The van der Waals surface area contributed by atoms with E-state index in [4.69, 9.17) is 14.2 Å². The molecular formula is C11H13NO5. The molecule has 1 saturated heterocycles. The molecule has 0 N–H and O–H groups in total. The molecule has 6 heteroatoms. The Hall–Kier alpha value is -1.82. The largest absolute Gasteiger partial charge is 0.493 e. The number of benzene rings is 1. The number of nitrogens with zero attached hydrogens (tertiary/aromatic N) is 1. The summed E-state index contributed by atoms with van der Waals surface area (Å²) in [4.78, 5) is 10.2. The van der Waals surface area contributed by atoms with Crippen molar-refractivity contribution in [3.63, 3.8) is 0 Å². The van der Waals surface area contributed by atoms with Gasteiger partial charge in [0.1, 0.15) is 12.2 Å². The second kappa shape index (κ2) is 4.21. The van der Waals surface area contributed by atoms with Gasteiger partial charge in [-0.3, -0.25) is 10.1 Å². The zero-order valence-electron chi connectivity index (χ0n) is 9.63. The van der Waals surface area contributed by atoms with Crippen LogP contribution in [0.3, 0.4) is 0 Å². The Labute approximate surface area is 98.2 Å². The highest BCUT2D eigenvalue weighted by molar-refractivity contribution is 5.48. The Morgan fingerprint density at radius 2 is 2.24 bits per heavy atom. The second-order valence-corrected chi connectivity index (χ2v) is 4.12. The van der Waals surface area contributed by atoms with E-state index in [0.29, 0.717) is 24.7 Å². The summed E-state index contributed by atoms with van der Waals surface area (Å²) in [6.45, 7) is 2.91. The maximum Gasteiger partial charge on any atom is 0.273 e. The minimum Gasteiger partial charge on any atom is -0.493 e. The molecule has 0 radical (unpaired) electrons. The summed E-state index contributed by atoms with van der Waals surface area (Å²) in [5.74, 6) is 0.832. The van der Waals surface area contributed by atoms with E-state index in [1.807, 2.05) is 6.92 Å². The van der Waals surface area contributed by atoms with Gasteiger partial charge < -0.3 is 14.2 Å². The number of nitro benzene ring substituents is 1.